The van der Waals surface area contributed by atoms with Gasteiger partial charge in [-0.2, -0.15) is 0 Å². The fraction of sp³-hybridized carbons (Fsp3) is 0.214. The second kappa shape index (κ2) is 6.00. The lowest BCUT2D eigenvalue weighted by Crippen LogP contribution is -1.98. The first-order chi connectivity index (χ1) is 9.52. The number of para-hydroxylation sites is 1. The van der Waals surface area contributed by atoms with Crippen molar-refractivity contribution in [3.8, 4) is 11.5 Å². The van der Waals surface area contributed by atoms with Crippen LogP contribution in [-0.2, 0) is 6.61 Å². The van der Waals surface area contributed by atoms with E-state index in [0.29, 0.717) is 23.0 Å². The summed E-state index contributed by atoms with van der Waals surface area (Å²) >= 11 is 3.37. The fourth-order valence-electron chi connectivity index (χ4n) is 1.76. The maximum absolute atomic E-state index is 10.9. The summed E-state index contributed by atoms with van der Waals surface area (Å²) in [5.74, 6) is 0.908. The van der Waals surface area contributed by atoms with Gasteiger partial charge in [0, 0.05) is 0 Å². The molecule has 106 valence electrons. The molecule has 0 bridgehead atoms. The molecule has 0 aliphatic carbocycles. The van der Waals surface area contributed by atoms with Crippen LogP contribution in [0.2, 0.25) is 0 Å². The van der Waals surface area contributed by atoms with Crippen molar-refractivity contribution in [2.75, 3.05) is 7.11 Å². The highest BCUT2D eigenvalue weighted by Gasteiger charge is 2.15. The molecule has 20 heavy (non-hydrogen) atoms. The van der Waals surface area contributed by atoms with Crippen LogP contribution >= 0.6 is 15.9 Å². The number of rotatable bonds is 5. The van der Waals surface area contributed by atoms with Crippen molar-refractivity contribution in [2.45, 2.75) is 13.5 Å². The number of hydrogen-bond acceptors (Lipinski definition) is 4. The third kappa shape index (κ3) is 2.96. The lowest BCUT2D eigenvalue weighted by atomic mass is 10.2. The monoisotopic (exact) mass is 340 g/mol. The molecule has 0 spiro atoms. The number of ether oxygens (including phenoxy) is 2. The Kier molecular flexibility index (Phi) is 4.34. The number of aromatic carboxylic acids is 1. The summed E-state index contributed by atoms with van der Waals surface area (Å²) in [6.07, 6.45) is 0. The zero-order chi connectivity index (χ0) is 14.7. The molecule has 0 atom stereocenters. The largest absolute Gasteiger partial charge is 0.493 e. The van der Waals surface area contributed by atoms with Crippen LogP contribution in [0.1, 0.15) is 21.9 Å². The van der Waals surface area contributed by atoms with Crippen LogP contribution in [-0.4, -0.2) is 18.2 Å². The zero-order valence-corrected chi connectivity index (χ0v) is 12.6. The highest BCUT2D eigenvalue weighted by molar-refractivity contribution is 9.10. The van der Waals surface area contributed by atoms with Crippen molar-refractivity contribution in [1.29, 1.82) is 0 Å². The molecule has 0 saturated heterocycles. The summed E-state index contributed by atoms with van der Waals surface area (Å²) in [5.41, 5.74) is 0.141. The summed E-state index contributed by atoms with van der Waals surface area (Å²) in [6, 6.07) is 6.89. The lowest BCUT2D eigenvalue weighted by Gasteiger charge is -2.11. The third-order valence-electron chi connectivity index (χ3n) is 2.71. The summed E-state index contributed by atoms with van der Waals surface area (Å²) in [7, 11) is 1.55. The second-order valence-electron chi connectivity index (χ2n) is 4.05. The van der Waals surface area contributed by atoms with E-state index in [4.69, 9.17) is 19.0 Å². The topological polar surface area (TPSA) is 68.9 Å². The van der Waals surface area contributed by atoms with Gasteiger partial charge in [-0.25, -0.2) is 4.79 Å². The Hall–Kier alpha value is -1.95. The van der Waals surface area contributed by atoms with Crippen LogP contribution in [0, 0.1) is 6.92 Å². The Morgan fingerprint density at radius 1 is 1.45 bits per heavy atom. The standard InChI is InChI=1S/C14H13BrO5/c1-8-10(14(16)17)6-9(20-8)7-19-13-11(15)4-3-5-12(13)18-2/h3-6H,7H2,1-2H3,(H,16,17). The molecule has 5 nitrogen and oxygen atoms in total. The Morgan fingerprint density at radius 3 is 2.80 bits per heavy atom. The molecule has 0 saturated carbocycles. The first-order valence-electron chi connectivity index (χ1n) is 5.81. The van der Waals surface area contributed by atoms with Crippen LogP contribution in [0.5, 0.6) is 11.5 Å². The molecule has 1 heterocycles. The maximum Gasteiger partial charge on any atom is 0.339 e. The van der Waals surface area contributed by atoms with E-state index < -0.39 is 5.97 Å². The normalized spacial score (nSPS) is 10.3. The number of hydrogen-bond donors (Lipinski definition) is 1. The Morgan fingerprint density at radius 2 is 2.20 bits per heavy atom. The van der Waals surface area contributed by atoms with Gasteiger partial charge in [0.15, 0.2) is 11.5 Å². The molecule has 1 aromatic heterocycles. The van der Waals surface area contributed by atoms with E-state index in [1.54, 1.807) is 20.1 Å². The SMILES string of the molecule is COc1cccc(Br)c1OCc1cc(C(=O)O)c(C)o1. The van der Waals surface area contributed by atoms with Crippen LogP contribution in [0.25, 0.3) is 0 Å². The summed E-state index contributed by atoms with van der Waals surface area (Å²) in [5, 5.41) is 8.96. The number of halogens is 1. The maximum atomic E-state index is 10.9. The lowest BCUT2D eigenvalue weighted by molar-refractivity contribution is 0.0695. The van der Waals surface area contributed by atoms with E-state index in [1.807, 2.05) is 12.1 Å². The van der Waals surface area contributed by atoms with Crippen molar-refractivity contribution >= 4 is 21.9 Å². The minimum Gasteiger partial charge on any atom is -0.493 e. The van der Waals surface area contributed by atoms with E-state index in [0.717, 1.165) is 4.47 Å². The molecule has 0 radical (unpaired) electrons. The van der Waals surface area contributed by atoms with Crippen LogP contribution in [0.3, 0.4) is 0 Å². The molecule has 0 aliphatic rings. The average Bonchev–Trinajstić information content (AvgIpc) is 2.78. The van der Waals surface area contributed by atoms with Gasteiger partial charge in [0.2, 0.25) is 0 Å². The Bertz CT molecular complexity index is 632. The zero-order valence-electron chi connectivity index (χ0n) is 11.0. The predicted octanol–water partition coefficient (Wildman–Crippen LogP) is 3.64. The number of aryl methyl sites for hydroxylation is 1. The smallest absolute Gasteiger partial charge is 0.339 e. The second-order valence-corrected chi connectivity index (χ2v) is 4.90. The molecule has 0 fully saturated rings. The van der Waals surface area contributed by atoms with Crippen LogP contribution in [0.15, 0.2) is 33.2 Å². The highest BCUT2D eigenvalue weighted by atomic mass is 79.9. The van der Waals surface area contributed by atoms with E-state index in [-0.39, 0.29) is 12.2 Å². The van der Waals surface area contributed by atoms with E-state index in [1.165, 1.54) is 6.07 Å². The van der Waals surface area contributed by atoms with Gasteiger partial charge in [-0.3, -0.25) is 0 Å². The molecule has 2 rings (SSSR count). The van der Waals surface area contributed by atoms with E-state index in [9.17, 15) is 4.79 Å². The molecule has 1 aromatic carbocycles. The van der Waals surface area contributed by atoms with Gasteiger partial charge >= 0.3 is 5.97 Å². The first-order valence-corrected chi connectivity index (χ1v) is 6.60. The molecule has 0 aliphatic heterocycles. The Labute approximate surface area is 124 Å². The average molecular weight is 341 g/mol. The summed E-state index contributed by atoms with van der Waals surface area (Å²) in [6.45, 7) is 1.72. The van der Waals surface area contributed by atoms with E-state index >= 15 is 0 Å². The van der Waals surface area contributed by atoms with Gasteiger partial charge in [0.05, 0.1) is 11.6 Å². The Balaban J connectivity index is 2.17. The molecule has 1 N–H and O–H groups in total. The third-order valence-corrected chi connectivity index (χ3v) is 3.33. The van der Waals surface area contributed by atoms with Crippen molar-refractivity contribution in [2.24, 2.45) is 0 Å². The number of methoxy groups -OCH3 is 1. The van der Waals surface area contributed by atoms with Crippen molar-refractivity contribution in [3.63, 3.8) is 0 Å². The number of furan rings is 1. The van der Waals surface area contributed by atoms with Gasteiger partial charge in [-0.05, 0) is 41.1 Å². The van der Waals surface area contributed by atoms with Crippen molar-refractivity contribution in [1.82, 2.24) is 0 Å². The van der Waals surface area contributed by atoms with Crippen molar-refractivity contribution < 1.29 is 23.8 Å². The molecule has 2 aromatic rings. The summed E-state index contributed by atoms with van der Waals surface area (Å²) in [4.78, 5) is 10.9. The number of benzene rings is 1. The van der Waals surface area contributed by atoms with E-state index in [2.05, 4.69) is 15.9 Å². The van der Waals surface area contributed by atoms with Gasteiger partial charge in [0.25, 0.3) is 0 Å². The highest BCUT2D eigenvalue weighted by Crippen LogP contribution is 2.35. The quantitative estimate of drug-likeness (QED) is 0.899. The van der Waals surface area contributed by atoms with Crippen LogP contribution < -0.4 is 9.47 Å². The minimum atomic E-state index is -1.02. The van der Waals surface area contributed by atoms with Gasteiger partial charge < -0.3 is 19.0 Å². The fourth-order valence-corrected chi connectivity index (χ4v) is 2.22. The molecular formula is C14H13BrO5. The predicted molar refractivity (Wildman–Crippen MR) is 75.4 cm³/mol. The number of carboxylic acid groups (broad SMARTS) is 1. The molecule has 0 unspecified atom stereocenters. The van der Waals surface area contributed by atoms with Crippen LogP contribution in [0.4, 0.5) is 0 Å². The number of carboxylic acids is 1. The summed E-state index contributed by atoms with van der Waals surface area (Å²) < 4.78 is 16.9. The van der Waals surface area contributed by atoms with Gasteiger partial charge in [-0.1, -0.05) is 6.07 Å². The van der Waals surface area contributed by atoms with Gasteiger partial charge in [-0.15, -0.1) is 0 Å². The molecular weight excluding hydrogens is 328 g/mol. The van der Waals surface area contributed by atoms with Crippen molar-refractivity contribution in [3.05, 3.63) is 45.8 Å². The molecule has 6 heteroatoms. The van der Waals surface area contributed by atoms with Gasteiger partial charge in [0.1, 0.15) is 23.7 Å². The minimum absolute atomic E-state index is 0.118. The molecule has 0 amide bonds. The number of carbonyl (C=O) groups is 1. The first kappa shape index (κ1) is 14.5.